The van der Waals surface area contributed by atoms with Crippen molar-refractivity contribution in [2.75, 3.05) is 32.2 Å². The monoisotopic (exact) mass is 251 g/mol. The number of carbonyl (C=O) groups is 1. The second-order valence-electron chi connectivity index (χ2n) is 4.11. The molecule has 1 aliphatic rings. The van der Waals surface area contributed by atoms with Crippen molar-refractivity contribution in [2.24, 2.45) is 0 Å². The average molecular weight is 251 g/mol. The molecule has 0 aromatic carbocycles. The van der Waals surface area contributed by atoms with E-state index in [9.17, 15) is 4.79 Å². The maximum absolute atomic E-state index is 12.1. The Bertz CT molecular complexity index is 425. The minimum atomic E-state index is -0.155. The third kappa shape index (κ3) is 2.70. The number of pyridine rings is 1. The molecular formula is C12H17N3O3. The highest BCUT2D eigenvalue weighted by Crippen LogP contribution is 2.20. The van der Waals surface area contributed by atoms with E-state index in [2.05, 4.69) is 10.3 Å². The van der Waals surface area contributed by atoms with Crippen molar-refractivity contribution in [1.82, 2.24) is 9.88 Å². The maximum atomic E-state index is 12.1. The zero-order valence-corrected chi connectivity index (χ0v) is 10.5. The number of hydrogen-bond acceptors (Lipinski definition) is 4. The molecule has 0 radical (unpaired) electrons. The average Bonchev–Trinajstić information content (AvgIpc) is 2.39. The van der Waals surface area contributed by atoms with Gasteiger partial charge < -0.3 is 19.7 Å². The molecule has 0 spiro atoms. The second-order valence-corrected chi connectivity index (χ2v) is 4.11. The predicted octanol–water partition coefficient (Wildman–Crippen LogP) is 1.34. The molecule has 0 aliphatic carbocycles. The molecule has 2 heterocycles. The molecule has 0 saturated carbocycles. The van der Waals surface area contributed by atoms with Crippen LogP contribution < -0.4 is 10.1 Å². The summed E-state index contributed by atoms with van der Waals surface area (Å²) in [6.45, 7) is 3.69. The lowest BCUT2D eigenvalue weighted by Gasteiger charge is -2.33. The third-order valence-electron chi connectivity index (χ3n) is 2.83. The Balaban J connectivity index is 2.06. The summed E-state index contributed by atoms with van der Waals surface area (Å²) in [5, 5.41) is 2.81. The summed E-state index contributed by atoms with van der Waals surface area (Å²) in [5.74, 6) is 0.409. The molecule has 18 heavy (non-hydrogen) atoms. The molecule has 0 bridgehead atoms. The fraction of sp³-hybridized carbons (Fsp3) is 0.500. The number of nitrogens with one attached hydrogen (secondary N) is 1. The number of aromatic nitrogens is 1. The highest BCUT2D eigenvalue weighted by Gasteiger charge is 2.24. The van der Waals surface area contributed by atoms with Crippen LogP contribution in [-0.2, 0) is 4.74 Å². The normalized spacial score (nSPS) is 19.4. The van der Waals surface area contributed by atoms with E-state index in [-0.39, 0.29) is 12.1 Å². The SMILES string of the molecule is COc1ncccc1NC(=O)N1CCOCC1C. The fourth-order valence-electron chi connectivity index (χ4n) is 1.86. The molecule has 1 atom stereocenters. The number of rotatable bonds is 2. The van der Waals surface area contributed by atoms with Gasteiger partial charge in [-0.05, 0) is 19.1 Å². The molecule has 2 amide bonds. The van der Waals surface area contributed by atoms with Gasteiger partial charge in [0.25, 0.3) is 0 Å². The number of amides is 2. The van der Waals surface area contributed by atoms with Crippen LogP contribution in [0.15, 0.2) is 18.3 Å². The van der Waals surface area contributed by atoms with Gasteiger partial charge in [-0.25, -0.2) is 9.78 Å². The quantitative estimate of drug-likeness (QED) is 0.861. The molecule has 1 N–H and O–H groups in total. The van der Waals surface area contributed by atoms with Crippen LogP contribution in [0.3, 0.4) is 0 Å². The molecular weight excluding hydrogens is 234 g/mol. The number of carbonyl (C=O) groups excluding carboxylic acids is 1. The van der Waals surface area contributed by atoms with Gasteiger partial charge in [-0.15, -0.1) is 0 Å². The molecule has 1 aromatic rings. The van der Waals surface area contributed by atoms with Crippen LogP contribution in [0, 0.1) is 0 Å². The molecule has 6 nitrogen and oxygen atoms in total. The van der Waals surface area contributed by atoms with Crippen molar-refractivity contribution in [1.29, 1.82) is 0 Å². The Hall–Kier alpha value is -1.82. The van der Waals surface area contributed by atoms with Gasteiger partial charge in [0.15, 0.2) is 0 Å². The van der Waals surface area contributed by atoms with E-state index in [4.69, 9.17) is 9.47 Å². The smallest absolute Gasteiger partial charge is 0.322 e. The van der Waals surface area contributed by atoms with Crippen LogP contribution in [0.4, 0.5) is 10.5 Å². The van der Waals surface area contributed by atoms with Gasteiger partial charge in [0.1, 0.15) is 5.69 Å². The van der Waals surface area contributed by atoms with Crippen LogP contribution in [0.25, 0.3) is 0 Å². The summed E-state index contributed by atoms with van der Waals surface area (Å²) in [5.41, 5.74) is 0.573. The van der Waals surface area contributed by atoms with E-state index < -0.39 is 0 Å². The first-order chi connectivity index (χ1) is 8.72. The van der Waals surface area contributed by atoms with Crippen molar-refractivity contribution in [3.8, 4) is 5.88 Å². The van der Waals surface area contributed by atoms with Gasteiger partial charge in [-0.3, -0.25) is 0 Å². The molecule has 1 saturated heterocycles. The molecule has 6 heteroatoms. The van der Waals surface area contributed by atoms with Crippen molar-refractivity contribution in [3.05, 3.63) is 18.3 Å². The van der Waals surface area contributed by atoms with E-state index in [1.54, 1.807) is 23.2 Å². The molecule has 1 fully saturated rings. The Morgan fingerprint density at radius 1 is 1.67 bits per heavy atom. The second kappa shape index (κ2) is 5.68. The first kappa shape index (κ1) is 12.6. The van der Waals surface area contributed by atoms with Crippen molar-refractivity contribution in [3.63, 3.8) is 0 Å². The molecule has 1 unspecified atom stereocenters. The number of nitrogens with zero attached hydrogens (tertiary/aromatic N) is 2. The number of methoxy groups -OCH3 is 1. The Kier molecular flexibility index (Phi) is 3.99. The Morgan fingerprint density at radius 3 is 3.22 bits per heavy atom. The number of morpholine rings is 1. The number of ether oxygens (including phenoxy) is 2. The van der Waals surface area contributed by atoms with Gasteiger partial charge in [-0.1, -0.05) is 0 Å². The molecule has 98 valence electrons. The van der Waals surface area contributed by atoms with E-state index in [0.717, 1.165) is 0 Å². The predicted molar refractivity (Wildman–Crippen MR) is 66.8 cm³/mol. The Labute approximate surface area is 106 Å². The van der Waals surface area contributed by atoms with Crippen LogP contribution in [0.2, 0.25) is 0 Å². The lowest BCUT2D eigenvalue weighted by atomic mass is 10.3. The molecule has 1 aliphatic heterocycles. The first-order valence-electron chi connectivity index (χ1n) is 5.86. The number of urea groups is 1. The van der Waals surface area contributed by atoms with Gasteiger partial charge in [0.2, 0.25) is 5.88 Å². The van der Waals surface area contributed by atoms with Crippen molar-refractivity contribution in [2.45, 2.75) is 13.0 Å². The van der Waals surface area contributed by atoms with Crippen LogP contribution >= 0.6 is 0 Å². The standard InChI is InChI=1S/C12H17N3O3/c1-9-8-18-7-6-15(9)12(16)14-10-4-3-5-13-11(10)17-2/h3-5,9H,6-8H2,1-2H3,(H,14,16). The highest BCUT2D eigenvalue weighted by molar-refractivity contribution is 5.90. The summed E-state index contributed by atoms with van der Waals surface area (Å²) < 4.78 is 10.4. The lowest BCUT2D eigenvalue weighted by molar-refractivity contribution is 0.0221. The lowest BCUT2D eigenvalue weighted by Crippen LogP contribution is -2.48. The van der Waals surface area contributed by atoms with Gasteiger partial charge in [0, 0.05) is 12.7 Å². The van der Waals surface area contributed by atoms with E-state index >= 15 is 0 Å². The van der Waals surface area contributed by atoms with Gasteiger partial charge >= 0.3 is 6.03 Å². The zero-order valence-electron chi connectivity index (χ0n) is 10.5. The summed E-state index contributed by atoms with van der Waals surface area (Å²) in [6.07, 6.45) is 1.62. The maximum Gasteiger partial charge on any atom is 0.322 e. The summed E-state index contributed by atoms with van der Waals surface area (Å²) in [4.78, 5) is 17.9. The largest absolute Gasteiger partial charge is 0.480 e. The van der Waals surface area contributed by atoms with E-state index in [1.165, 1.54) is 7.11 Å². The molecule has 2 rings (SSSR count). The van der Waals surface area contributed by atoms with Crippen molar-refractivity contribution >= 4 is 11.7 Å². The van der Waals surface area contributed by atoms with Gasteiger partial charge in [0.05, 0.1) is 26.4 Å². The summed E-state index contributed by atoms with van der Waals surface area (Å²) in [6, 6.07) is 3.42. The van der Waals surface area contributed by atoms with Gasteiger partial charge in [-0.2, -0.15) is 0 Å². The van der Waals surface area contributed by atoms with Crippen molar-refractivity contribution < 1.29 is 14.3 Å². The summed E-state index contributed by atoms with van der Waals surface area (Å²) in [7, 11) is 1.52. The van der Waals surface area contributed by atoms with Crippen LogP contribution in [-0.4, -0.2) is 48.8 Å². The third-order valence-corrected chi connectivity index (χ3v) is 2.83. The minimum Gasteiger partial charge on any atom is -0.480 e. The number of anilines is 1. The van der Waals surface area contributed by atoms with Crippen LogP contribution in [0.1, 0.15) is 6.92 Å². The van der Waals surface area contributed by atoms with Crippen LogP contribution in [0.5, 0.6) is 5.88 Å². The van der Waals surface area contributed by atoms with E-state index in [0.29, 0.717) is 31.3 Å². The summed E-state index contributed by atoms with van der Waals surface area (Å²) >= 11 is 0. The molecule has 1 aromatic heterocycles. The number of hydrogen-bond donors (Lipinski definition) is 1. The fourth-order valence-corrected chi connectivity index (χ4v) is 1.86. The van der Waals surface area contributed by atoms with E-state index in [1.807, 2.05) is 6.92 Å². The zero-order chi connectivity index (χ0) is 13.0. The topological polar surface area (TPSA) is 63.7 Å². The Morgan fingerprint density at radius 2 is 2.50 bits per heavy atom. The highest BCUT2D eigenvalue weighted by atomic mass is 16.5. The first-order valence-corrected chi connectivity index (χ1v) is 5.86. The minimum absolute atomic E-state index is 0.0708.